The van der Waals surface area contributed by atoms with E-state index in [2.05, 4.69) is 14.9 Å². The van der Waals surface area contributed by atoms with E-state index in [-0.39, 0.29) is 17.8 Å². The average Bonchev–Trinajstić information content (AvgIpc) is 3.42. The molecule has 0 bridgehead atoms. The largest absolute Gasteiger partial charge is 0.467 e. The van der Waals surface area contributed by atoms with E-state index in [1.54, 1.807) is 18.2 Å². The van der Waals surface area contributed by atoms with Crippen molar-refractivity contribution in [2.75, 3.05) is 0 Å². The standard InChI is InChI=1S/C21H23FN4O3S/c1-4-21(2,3)23-19(27)18(15-9-5-6-10-16(15)22)26(12-14-8-7-11-29-14)20(28)17-13-30-25-24-17/h5-11,13,18H,4,12H2,1-3H3,(H,23,27)/t18-/m1/s1. The first-order chi connectivity index (χ1) is 14.3. The van der Waals surface area contributed by atoms with Crippen LogP contribution in [0.5, 0.6) is 0 Å². The van der Waals surface area contributed by atoms with E-state index in [9.17, 15) is 14.0 Å². The number of rotatable bonds is 8. The fourth-order valence-corrected chi connectivity index (χ4v) is 3.32. The highest BCUT2D eigenvalue weighted by Crippen LogP contribution is 2.28. The summed E-state index contributed by atoms with van der Waals surface area (Å²) in [6, 6.07) is 8.07. The minimum absolute atomic E-state index is 0.0394. The van der Waals surface area contributed by atoms with Crippen LogP contribution >= 0.6 is 11.5 Å². The molecule has 2 amide bonds. The number of furan rings is 1. The molecule has 0 aliphatic rings. The molecule has 2 heterocycles. The molecule has 0 saturated carbocycles. The zero-order valence-corrected chi connectivity index (χ0v) is 17.8. The predicted octanol–water partition coefficient (Wildman–Crippen LogP) is 3.96. The Morgan fingerprint density at radius 1 is 1.27 bits per heavy atom. The first kappa shape index (κ1) is 21.6. The van der Waals surface area contributed by atoms with Gasteiger partial charge in [-0.2, -0.15) is 0 Å². The van der Waals surface area contributed by atoms with Crippen molar-refractivity contribution in [3.63, 3.8) is 0 Å². The van der Waals surface area contributed by atoms with Crippen molar-refractivity contribution in [2.45, 2.75) is 45.3 Å². The van der Waals surface area contributed by atoms with E-state index >= 15 is 0 Å². The number of hydrogen-bond acceptors (Lipinski definition) is 6. The molecule has 3 aromatic rings. The molecular weight excluding hydrogens is 407 g/mol. The smallest absolute Gasteiger partial charge is 0.276 e. The Kier molecular flexibility index (Phi) is 6.61. The molecule has 0 aliphatic carbocycles. The summed E-state index contributed by atoms with van der Waals surface area (Å²) in [5, 5.41) is 8.25. The Morgan fingerprint density at radius 2 is 2.03 bits per heavy atom. The van der Waals surface area contributed by atoms with Gasteiger partial charge in [0.05, 0.1) is 12.8 Å². The summed E-state index contributed by atoms with van der Waals surface area (Å²) in [6.45, 7) is 5.63. The summed E-state index contributed by atoms with van der Waals surface area (Å²) >= 11 is 1.02. The summed E-state index contributed by atoms with van der Waals surface area (Å²) in [4.78, 5) is 27.9. The van der Waals surface area contributed by atoms with Crippen molar-refractivity contribution in [2.24, 2.45) is 0 Å². The topological polar surface area (TPSA) is 88.3 Å². The van der Waals surface area contributed by atoms with Crippen LogP contribution in [-0.4, -0.2) is 31.8 Å². The predicted molar refractivity (Wildman–Crippen MR) is 110 cm³/mol. The van der Waals surface area contributed by atoms with Crippen LogP contribution < -0.4 is 5.32 Å². The lowest BCUT2D eigenvalue weighted by molar-refractivity contribution is -0.128. The van der Waals surface area contributed by atoms with E-state index in [0.29, 0.717) is 12.2 Å². The van der Waals surface area contributed by atoms with Crippen LogP contribution in [0.1, 0.15) is 55.0 Å². The maximum Gasteiger partial charge on any atom is 0.276 e. The van der Waals surface area contributed by atoms with Gasteiger partial charge < -0.3 is 14.6 Å². The first-order valence-electron chi connectivity index (χ1n) is 9.49. The van der Waals surface area contributed by atoms with Gasteiger partial charge in [0.2, 0.25) is 5.91 Å². The van der Waals surface area contributed by atoms with Gasteiger partial charge in [-0.25, -0.2) is 4.39 Å². The summed E-state index contributed by atoms with van der Waals surface area (Å²) < 4.78 is 23.9. The number of hydrogen-bond donors (Lipinski definition) is 1. The molecule has 9 heteroatoms. The van der Waals surface area contributed by atoms with Crippen molar-refractivity contribution < 1.29 is 18.4 Å². The average molecular weight is 431 g/mol. The SMILES string of the molecule is CCC(C)(C)NC(=O)[C@@H](c1ccccc1F)N(Cc1ccco1)C(=O)c1csnn1. The molecular formula is C21H23FN4O3S. The van der Waals surface area contributed by atoms with E-state index in [1.165, 1.54) is 34.7 Å². The summed E-state index contributed by atoms with van der Waals surface area (Å²) in [6.07, 6.45) is 2.13. The fourth-order valence-electron chi connectivity index (χ4n) is 2.89. The molecule has 0 saturated heterocycles. The molecule has 0 fully saturated rings. The van der Waals surface area contributed by atoms with Crippen LogP contribution in [0.15, 0.2) is 52.5 Å². The highest BCUT2D eigenvalue weighted by Gasteiger charge is 2.37. The van der Waals surface area contributed by atoms with E-state index in [4.69, 9.17) is 4.42 Å². The second-order valence-electron chi connectivity index (χ2n) is 7.45. The summed E-state index contributed by atoms with van der Waals surface area (Å²) in [5.74, 6) is -1.16. The Labute approximate surface area is 178 Å². The molecule has 30 heavy (non-hydrogen) atoms. The Balaban J connectivity index is 2.09. The lowest BCUT2D eigenvalue weighted by Crippen LogP contribution is -2.50. The third-order valence-corrected chi connectivity index (χ3v) is 5.36. The van der Waals surface area contributed by atoms with Gasteiger partial charge in [-0.3, -0.25) is 9.59 Å². The third-order valence-electron chi connectivity index (χ3n) is 4.85. The number of nitrogens with zero attached hydrogens (tertiary/aromatic N) is 3. The number of aromatic nitrogens is 2. The molecule has 0 unspecified atom stereocenters. The van der Waals surface area contributed by atoms with Crippen molar-refractivity contribution in [3.05, 3.63) is 70.9 Å². The van der Waals surface area contributed by atoms with Gasteiger partial charge in [-0.1, -0.05) is 29.6 Å². The normalized spacial score (nSPS) is 12.4. The van der Waals surface area contributed by atoms with Gasteiger partial charge >= 0.3 is 0 Å². The third kappa shape index (κ3) is 4.91. The molecule has 2 aromatic heterocycles. The van der Waals surface area contributed by atoms with Gasteiger partial charge in [0, 0.05) is 16.5 Å². The molecule has 3 rings (SSSR count). The molecule has 0 radical (unpaired) electrons. The summed E-state index contributed by atoms with van der Waals surface area (Å²) in [7, 11) is 0. The Hall–Kier alpha value is -3.07. The van der Waals surface area contributed by atoms with Crippen molar-refractivity contribution in [1.29, 1.82) is 0 Å². The molecule has 0 aliphatic heterocycles. The van der Waals surface area contributed by atoms with Gasteiger partial charge in [0.25, 0.3) is 5.91 Å². The van der Waals surface area contributed by atoms with Gasteiger partial charge in [-0.15, -0.1) is 5.10 Å². The number of amides is 2. The minimum atomic E-state index is -1.23. The Bertz CT molecular complexity index is 990. The monoisotopic (exact) mass is 430 g/mol. The van der Waals surface area contributed by atoms with Crippen LogP contribution in [-0.2, 0) is 11.3 Å². The molecule has 1 aromatic carbocycles. The summed E-state index contributed by atoms with van der Waals surface area (Å²) in [5.41, 5.74) is -0.372. The van der Waals surface area contributed by atoms with Gasteiger partial charge in [0.15, 0.2) is 5.69 Å². The minimum Gasteiger partial charge on any atom is -0.467 e. The first-order valence-corrected chi connectivity index (χ1v) is 10.3. The maximum absolute atomic E-state index is 14.8. The van der Waals surface area contributed by atoms with Crippen LogP contribution in [0.25, 0.3) is 0 Å². The lowest BCUT2D eigenvalue weighted by atomic mass is 9.98. The van der Waals surface area contributed by atoms with Crippen molar-refractivity contribution in [3.8, 4) is 0 Å². The molecule has 0 spiro atoms. The maximum atomic E-state index is 14.8. The number of nitrogens with one attached hydrogen (secondary N) is 1. The van der Waals surface area contributed by atoms with E-state index in [0.717, 1.165) is 11.5 Å². The number of halogens is 1. The van der Waals surface area contributed by atoms with E-state index < -0.39 is 29.2 Å². The molecule has 1 N–H and O–H groups in total. The molecule has 1 atom stereocenters. The Morgan fingerprint density at radius 3 is 2.63 bits per heavy atom. The van der Waals surface area contributed by atoms with Crippen molar-refractivity contribution in [1.82, 2.24) is 19.8 Å². The highest BCUT2D eigenvalue weighted by molar-refractivity contribution is 7.03. The van der Waals surface area contributed by atoms with Gasteiger partial charge in [0.1, 0.15) is 17.6 Å². The van der Waals surface area contributed by atoms with Crippen LogP contribution in [0.2, 0.25) is 0 Å². The van der Waals surface area contributed by atoms with Crippen LogP contribution in [0.4, 0.5) is 4.39 Å². The lowest BCUT2D eigenvalue weighted by Gasteiger charge is -2.34. The van der Waals surface area contributed by atoms with Gasteiger partial charge in [-0.05, 0) is 50.0 Å². The zero-order valence-electron chi connectivity index (χ0n) is 17.0. The highest BCUT2D eigenvalue weighted by atomic mass is 32.1. The second kappa shape index (κ2) is 9.17. The van der Waals surface area contributed by atoms with Crippen molar-refractivity contribution >= 4 is 23.3 Å². The van der Waals surface area contributed by atoms with Crippen LogP contribution in [0.3, 0.4) is 0 Å². The number of benzene rings is 1. The molecule has 158 valence electrons. The van der Waals surface area contributed by atoms with E-state index in [1.807, 2.05) is 20.8 Å². The fraction of sp³-hybridized carbons (Fsp3) is 0.333. The number of carbonyl (C=O) groups excluding carboxylic acids is 2. The second-order valence-corrected chi connectivity index (χ2v) is 8.06. The quantitative estimate of drug-likeness (QED) is 0.584. The number of carbonyl (C=O) groups is 2. The molecule has 7 nitrogen and oxygen atoms in total. The van der Waals surface area contributed by atoms with Crippen LogP contribution in [0, 0.1) is 5.82 Å². The zero-order chi connectivity index (χ0) is 21.7.